The van der Waals surface area contributed by atoms with Crippen molar-refractivity contribution < 1.29 is 38.4 Å². The second-order valence-corrected chi connectivity index (χ2v) is 19.5. The number of benzene rings is 1. The lowest BCUT2D eigenvalue weighted by Gasteiger charge is -2.44. The van der Waals surface area contributed by atoms with Crippen LogP contribution in [0.1, 0.15) is 83.7 Å². The van der Waals surface area contributed by atoms with E-state index in [1.165, 1.54) is 11.3 Å². The van der Waals surface area contributed by atoms with Gasteiger partial charge in [0, 0.05) is 86.8 Å². The van der Waals surface area contributed by atoms with Crippen molar-refractivity contribution in [3.8, 4) is 22.5 Å². The van der Waals surface area contributed by atoms with E-state index < -0.39 is 41.1 Å². The number of aryl methyl sites for hydroxylation is 1. The number of pyridine rings is 1. The molecule has 0 saturated carbocycles. The van der Waals surface area contributed by atoms with Gasteiger partial charge < -0.3 is 38.8 Å². The number of aliphatic hydroxyl groups excluding tert-OH is 1. The van der Waals surface area contributed by atoms with Crippen molar-refractivity contribution in [3.05, 3.63) is 52.1 Å². The van der Waals surface area contributed by atoms with Crippen LogP contribution in [0.4, 0.5) is 10.5 Å². The van der Waals surface area contributed by atoms with Crippen LogP contribution in [0.3, 0.4) is 0 Å². The molecule has 3 aromatic heterocycles. The van der Waals surface area contributed by atoms with E-state index in [1.807, 2.05) is 24.6 Å². The van der Waals surface area contributed by atoms with E-state index in [0.29, 0.717) is 42.7 Å². The van der Waals surface area contributed by atoms with Gasteiger partial charge in [-0.3, -0.25) is 15.3 Å². The van der Waals surface area contributed by atoms with Crippen LogP contribution in [0.25, 0.3) is 33.4 Å². The normalized spacial score (nSPS) is 19.7. The fourth-order valence-corrected chi connectivity index (χ4v) is 9.46. The summed E-state index contributed by atoms with van der Waals surface area (Å²) in [5, 5.41) is 16.8. The van der Waals surface area contributed by atoms with Crippen molar-refractivity contribution in [1.29, 1.82) is 0 Å². The number of nitrogens with one attached hydrogen (secondary N) is 3. The summed E-state index contributed by atoms with van der Waals surface area (Å²) < 4.78 is 24.9. The highest BCUT2D eigenvalue weighted by Crippen LogP contribution is 2.43. The van der Waals surface area contributed by atoms with Crippen molar-refractivity contribution in [3.63, 3.8) is 0 Å². The fraction of sp³-hybridized carbons (Fsp3) is 0.587. The lowest BCUT2D eigenvalue weighted by molar-refractivity contribution is -0.163. The number of hydrogen-bond donors (Lipinski definition) is 4. The number of rotatable bonds is 14. The molecule has 3 aliphatic rings. The number of ether oxygens (including phenoxy) is 4. The summed E-state index contributed by atoms with van der Waals surface area (Å²) in [6.45, 7) is 20.0. The Labute approximate surface area is 374 Å². The first kappa shape index (κ1) is 46.5. The van der Waals surface area contributed by atoms with Crippen LogP contribution in [-0.4, -0.2) is 126 Å². The minimum absolute atomic E-state index is 0.00564. The molecular formula is C46H64N8O8S. The number of piperazine rings is 1. The van der Waals surface area contributed by atoms with E-state index in [1.54, 1.807) is 27.9 Å². The Hall–Kier alpha value is -4.49. The molecule has 3 saturated heterocycles. The number of esters is 2. The molecule has 3 aliphatic heterocycles. The Morgan fingerprint density at radius 3 is 2.65 bits per heavy atom. The molecule has 4 aromatic rings. The van der Waals surface area contributed by atoms with E-state index in [9.17, 15) is 19.5 Å². The van der Waals surface area contributed by atoms with Gasteiger partial charge in [-0.15, -0.1) is 11.3 Å². The third-order valence-corrected chi connectivity index (χ3v) is 12.9. The standard InChI is InChI=1S/C46H64N8O8S/c1-9-54-38-13-12-29(37-26-63-39(49-37)21-36(50-44(58)62-45(3,4)5)43(57)61-42(56)35-11-10-14-48-51-35)19-32(38)34(22-46(6,7)27-55)41(54)33-20-30(23-47-40(33)28(2)59-8)53-16-15-52-17-18-60-25-31(52)24-53/h12-13,19-20,23,26,28,31,35-36,48,51,55H,9-11,14-18,21-22,24-25,27H2,1-8H3,(H,50,58)/t28-,31-,35?,36-/m0/s1. The van der Waals surface area contributed by atoms with Crippen LogP contribution in [-0.2, 0) is 47.9 Å². The number of hydrogen-bond acceptors (Lipinski definition) is 15. The van der Waals surface area contributed by atoms with Gasteiger partial charge in [-0.05, 0) is 83.1 Å². The topological polar surface area (TPSA) is 182 Å². The predicted octanol–water partition coefficient (Wildman–Crippen LogP) is 5.40. The lowest BCUT2D eigenvalue weighted by atomic mass is 9.84. The summed E-state index contributed by atoms with van der Waals surface area (Å²) in [5.41, 5.74) is 12.1. The number of methoxy groups -OCH3 is 1. The minimum Gasteiger partial charge on any atom is -0.444 e. The molecular weight excluding hydrogens is 825 g/mol. The Kier molecular flexibility index (Phi) is 14.6. The molecule has 4 N–H and O–H groups in total. The Bertz CT molecular complexity index is 2260. The molecule has 63 heavy (non-hydrogen) atoms. The van der Waals surface area contributed by atoms with Gasteiger partial charge in [0.1, 0.15) is 17.7 Å². The molecule has 0 spiro atoms. The Balaban J connectivity index is 1.25. The first-order valence-electron chi connectivity index (χ1n) is 22.1. The van der Waals surface area contributed by atoms with Gasteiger partial charge in [0.15, 0.2) is 0 Å². The van der Waals surface area contributed by atoms with Gasteiger partial charge in [0.05, 0.1) is 59.3 Å². The number of hydrazine groups is 1. The number of thiazole rings is 1. The number of fused-ring (bicyclic) bond motifs is 2. The zero-order chi connectivity index (χ0) is 45.1. The van der Waals surface area contributed by atoms with Gasteiger partial charge in [0.2, 0.25) is 0 Å². The molecule has 1 aromatic carbocycles. The number of aromatic nitrogens is 3. The third kappa shape index (κ3) is 10.9. The van der Waals surface area contributed by atoms with Crippen molar-refractivity contribution in [2.45, 2.75) is 111 Å². The highest BCUT2D eigenvalue weighted by Gasteiger charge is 2.34. The maximum atomic E-state index is 13.5. The molecule has 1 amide bonds. The summed E-state index contributed by atoms with van der Waals surface area (Å²) in [7, 11) is 1.71. The van der Waals surface area contributed by atoms with Crippen molar-refractivity contribution in [2.24, 2.45) is 5.41 Å². The summed E-state index contributed by atoms with van der Waals surface area (Å²) in [6.07, 6.45) is 2.70. The summed E-state index contributed by atoms with van der Waals surface area (Å²) in [6, 6.07) is 6.99. The quantitative estimate of drug-likeness (QED) is 0.0934. The van der Waals surface area contributed by atoms with Crippen LogP contribution in [0, 0.1) is 5.41 Å². The van der Waals surface area contributed by atoms with Crippen LogP contribution >= 0.6 is 11.3 Å². The van der Waals surface area contributed by atoms with Crippen LogP contribution in [0.2, 0.25) is 0 Å². The number of carbonyl (C=O) groups excluding carboxylic acids is 3. The average molecular weight is 889 g/mol. The SMILES string of the molecule is CCn1c(-c2cc(N3CCN4CCOC[C@@H]4C3)cnc2[C@H](C)OC)c(CC(C)(C)CO)c2cc(-c3csc(C[C@H](NC(=O)OC(C)(C)C)C(=O)OC(=O)C4CCCNN4)n3)ccc21. The van der Waals surface area contributed by atoms with Crippen molar-refractivity contribution in [2.75, 3.05) is 64.6 Å². The molecule has 0 aliphatic carbocycles. The molecule has 0 bridgehead atoms. The first-order valence-corrected chi connectivity index (χ1v) is 23.0. The molecule has 1 unspecified atom stereocenters. The van der Waals surface area contributed by atoms with Crippen LogP contribution < -0.4 is 21.1 Å². The zero-order valence-electron chi connectivity index (χ0n) is 37.9. The van der Waals surface area contributed by atoms with E-state index in [4.69, 9.17) is 28.9 Å². The maximum Gasteiger partial charge on any atom is 0.408 e. The molecule has 6 heterocycles. The van der Waals surface area contributed by atoms with Gasteiger partial charge in [-0.2, -0.15) is 0 Å². The number of morpholine rings is 1. The van der Waals surface area contributed by atoms with Gasteiger partial charge in [-0.1, -0.05) is 19.9 Å². The van der Waals surface area contributed by atoms with E-state index in [-0.39, 0.29) is 19.1 Å². The van der Waals surface area contributed by atoms with E-state index >= 15 is 0 Å². The van der Waals surface area contributed by atoms with E-state index in [2.05, 4.69) is 69.5 Å². The number of alkyl carbamates (subject to hydrolysis) is 1. The van der Waals surface area contributed by atoms with Gasteiger partial charge >= 0.3 is 18.0 Å². The monoisotopic (exact) mass is 888 g/mol. The molecule has 17 heteroatoms. The highest BCUT2D eigenvalue weighted by atomic mass is 32.1. The lowest BCUT2D eigenvalue weighted by Crippen LogP contribution is -2.58. The van der Waals surface area contributed by atoms with Crippen LogP contribution in [0.5, 0.6) is 0 Å². The maximum absolute atomic E-state index is 13.5. The number of aliphatic hydroxyl groups is 1. The van der Waals surface area contributed by atoms with Gasteiger partial charge in [-0.25, -0.2) is 24.8 Å². The van der Waals surface area contributed by atoms with Crippen molar-refractivity contribution in [1.82, 2.24) is 35.6 Å². The Morgan fingerprint density at radius 1 is 1.13 bits per heavy atom. The number of anilines is 1. The molecule has 4 atom stereocenters. The zero-order valence-corrected chi connectivity index (χ0v) is 38.7. The molecule has 0 radical (unpaired) electrons. The first-order chi connectivity index (χ1) is 30.1. The summed E-state index contributed by atoms with van der Waals surface area (Å²) in [4.78, 5) is 54.4. The molecule has 342 valence electrons. The smallest absolute Gasteiger partial charge is 0.408 e. The molecule has 3 fully saturated rings. The number of carbonyl (C=O) groups is 3. The van der Waals surface area contributed by atoms with Crippen LogP contribution in [0.15, 0.2) is 35.8 Å². The third-order valence-electron chi connectivity index (χ3n) is 12.0. The van der Waals surface area contributed by atoms with Crippen molar-refractivity contribution >= 4 is 46.0 Å². The largest absolute Gasteiger partial charge is 0.444 e. The molecule has 7 rings (SSSR count). The highest BCUT2D eigenvalue weighted by molar-refractivity contribution is 7.10. The molecule has 16 nitrogen and oxygen atoms in total. The second kappa shape index (κ2) is 19.7. The number of nitrogens with zero attached hydrogens (tertiary/aromatic N) is 5. The fourth-order valence-electron chi connectivity index (χ4n) is 8.61. The Morgan fingerprint density at radius 2 is 1.94 bits per heavy atom. The minimum atomic E-state index is -1.23. The predicted molar refractivity (Wildman–Crippen MR) is 242 cm³/mol. The summed E-state index contributed by atoms with van der Waals surface area (Å²) >= 11 is 1.35. The number of amides is 1. The van der Waals surface area contributed by atoms with E-state index in [0.717, 1.165) is 90.5 Å². The average Bonchev–Trinajstić information content (AvgIpc) is 3.86. The summed E-state index contributed by atoms with van der Waals surface area (Å²) in [5.74, 6) is -1.62. The second-order valence-electron chi connectivity index (χ2n) is 18.6. The van der Waals surface area contributed by atoms with Gasteiger partial charge in [0.25, 0.3) is 0 Å².